The molecule has 0 amide bonds. The summed E-state index contributed by atoms with van der Waals surface area (Å²) in [6.45, 7) is 4.49. The lowest BCUT2D eigenvalue weighted by Crippen LogP contribution is -2.50. The molecule has 0 saturated heterocycles. The normalized spacial score (nSPS) is 13.9. The van der Waals surface area contributed by atoms with Gasteiger partial charge in [-0.3, -0.25) is 9.59 Å². The van der Waals surface area contributed by atoms with E-state index in [0.29, 0.717) is 19.3 Å². The smallest absolute Gasteiger partial charge is 0.362 e. The van der Waals surface area contributed by atoms with E-state index >= 15 is 0 Å². The average molecular weight is 809 g/mol. The summed E-state index contributed by atoms with van der Waals surface area (Å²) in [6, 6.07) is -0.629. The second kappa shape index (κ2) is 40.0. The maximum atomic E-state index is 12.7. The first kappa shape index (κ1) is 54.2. The third-order valence-corrected chi connectivity index (χ3v) is 9.38. The van der Waals surface area contributed by atoms with Crippen LogP contribution < -0.4 is 0 Å². The molecule has 0 bridgehead atoms. The van der Waals surface area contributed by atoms with Crippen LogP contribution in [0.5, 0.6) is 0 Å². The molecule has 0 heterocycles. The van der Waals surface area contributed by atoms with Crippen molar-refractivity contribution in [3.8, 4) is 0 Å². The Morgan fingerprint density at radius 3 is 1.59 bits per heavy atom. The van der Waals surface area contributed by atoms with Crippen molar-refractivity contribution >= 4 is 17.9 Å². The maximum absolute atomic E-state index is 12.7. The number of carbonyl (C=O) groups excluding carboxylic acids is 2. The number of carboxylic acid groups (broad SMARTS) is 1. The second-order valence-electron chi connectivity index (χ2n) is 15.7. The number of allylic oxidation sites excluding steroid dienone is 16. The van der Waals surface area contributed by atoms with Crippen molar-refractivity contribution < 1.29 is 38.2 Å². The molecule has 8 nitrogen and oxygen atoms in total. The van der Waals surface area contributed by atoms with Gasteiger partial charge in [0.15, 0.2) is 12.1 Å². The molecule has 1 N–H and O–H groups in total. The molecule has 0 fully saturated rings. The Bertz CT molecular complexity index is 1260. The monoisotopic (exact) mass is 809 g/mol. The Hall–Kier alpha value is -3.75. The Morgan fingerprint density at radius 1 is 0.552 bits per heavy atom. The van der Waals surface area contributed by atoms with E-state index in [1.54, 1.807) is 0 Å². The van der Waals surface area contributed by atoms with Crippen LogP contribution in [0.1, 0.15) is 149 Å². The van der Waals surface area contributed by atoms with Crippen molar-refractivity contribution in [1.82, 2.24) is 0 Å². The topological polar surface area (TPSA) is 99.1 Å². The molecule has 328 valence electrons. The molecule has 0 aliphatic carbocycles. The first-order valence-corrected chi connectivity index (χ1v) is 22.4. The van der Waals surface area contributed by atoms with Crippen LogP contribution in [0.25, 0.3) is 0 Å². The van der Waals surface area contributed by atoms with Crippen molar-refractivity contribution in [1.29, 1.82) is 0 Å². The summed E-state index contributed by atoms with van der Waals surface area (Å²) in [7, 11) is 5.50. The van der Waals surface area contributed by atoms with Gasteiger partial charge in [0.05, 0.1) is 34.4 Å². The zero-order chi connectivity index (χ0) is 42.8. The lowest BCUT2D eigenvalue weighted by molar-refractivity contribution is -0.887. The van der Waals surface area contributed by atoms with Gasteiger partial charge in [-0.2, -0.15) is 0 Å². The van der Waals surface area contributed by atoms with Crippen LogP contribution in [0.3, 0.4) is 0 Å². The van der Waals surface area contributed by atoms with Gasteiger partial charge in [0.25, 0.3) is 0 Å². The Morgan fingerprint density at radius 2 is 1.03 bits per heavy atom. The summed E-state index contributed by atoms with van der Waals surface area (Å²) in [5, 5.41) is 9.62. The first-order chi connectivity index (χ1) is 28.1. The number of ether oxygens (including phenoxy) is 3. The van der Waals surface area contributed by atoms with Crippen LogP contribution in [0.15, 0.2) is 97.2 Å². The molecule has 8 heteroatoms. The molecule has 0 radical (unpaired) electrons. The summed E-state index contributed by atoms with van der Waals surface area (Å²) in [6.07, 6.45) is 53.0. The predicted octanol–water partition coefficient (Wildman–Crippen LogP) is 12.3. The number of hydrogen-bond donors (Lipinski definition) is 1. The van der Waals surface area contributed by atoms with E-state index in [2.05, 4.69) is 50.3 Å². The fourth-order valence-corrected chi connectivity index (χ4v) is 5.92. The van der Waals surface area contributed by atoms with Gasteiger partial charge in [-0.15, -0.1) is 0 Å². The average Bonchev–Trinajstić information content (AvgIpc) is 3.18. The van der Waals surface area contributed by atoms with Gasteiger partial charge in [0.2, 0.25) is 0 Å². The van der Waals surface area contributed by atoms with Gasteiger partial charge < -0.3 is 23.8 Å². The van der Waals surface area contributed by atoms with Gasteiger partial charge in [0, 0.05) is 19.3 Å². The van der Waals surface area contributed by atoms with Gasteiger partial charge in [-0.1, -0.05) is 162 Å². The number of quaternary nitrogens is 1. The fraction of sp³-hybridized carbons (Fsp3) is 0.620. The number of unbranched alkanes of at least 4 members (excludes halogenated alkanes) is 13. The van der Waals surface area contributed by atoms with E-state index < -0.39 is 18.1 Å². The summed E-state index contributed by atoms with van der Waals surface area (Å²) < 4.78 is 17.2. The number of hydrogen-bond acceptors (Lipinski definition) is 6. The highest BCUT2D eigenvalue weighted by atomic mass is 16.6. The Kier molecular flexibility index (Phi) is 37.5. The van der Waals surface area contributed by atoms with E-state index in [1.807, 2.05) is 81.9 Å². The lowest BCUT2D eigenvalue weighted by atomic mass is 10.1. The molecule has 0 aromatic carbocycles. The molecule has 2 atom stereocenters. The molecular formula is C50H82NO7+. The highest BCUT2D eigenvalue weighted by Crippen LogP contribution is 2.13. The number of nitrogens with zero attached hydrogens (tertiary/aromatic N) is 1. The summed E-state index contributed by atoms with van der Waals surface area (Å²) >= 11 is 0. The molecular weight excluding hydrogens is 727 g/mol. The second-order valence-corrected chi connectivity index (χ2v) is 15.7. The Labute approximate surface area is 354 Å². The minimum absolute atomic E-state index is 0.0367. The summed E-state index contributed by atoms with van der Waals surface area (Å²) in [5.41, 5.74) is 0. The molecule has 0 spiro atoms. The zero-order valence-corrected chi connectivity index (χ0v) is 37.2. The van der Waals surface area contributed by atoms with Crippen molar-refractivity contribution in [2.75, 3.05) is 41.0 Å². The van der Waals surface area contributed by atoms with Gasteiger partial charge in [-0.25, -0.2) is 4.79 Å². The predicted molar refractivity (Wildman–Crippen MR) is 243 cm³/mol. The number of likely N-dealkylation sites (N-methyl/N-ethyl adjacent to an activating group) is 1. The van der Waals surface area contributed by atoms with Crippen LogP contribution in [0.4, 0.5) is 0 Å². The Balaban J connectivity index is 4.47. The van der Waals surface area contributed by atoms with Crippen LogP contribution in [0.2, 0.25) is 0 Å². The van der Waals surface area contributed by atoms with Gasteiger partial charge in [-0.05, 0) is 64.2 Å². The molecule has 0 saturated carbocycles. The molecule has 0 aromatic heterocycles. The minimum atomic E-state index is -0.888. The highest BCUT2D eigenvalue weighted by Gasteiger charge is 2.31. The molecule has 0 aromatic rings. The minimum Gasteiger partial charge on any atom is -0.477 e. The van der Waals surface area contributed by atoms with Crippen molar-refractivity contribution in [3.63, 3.8) is 0 Å². The quantitative estimate of drug-likeness (QED) is 0.0218. The fourth-order valence-electron chi connectivity index (χ4n) is 5.92. The third kappa shape index (κ3) is 37.8. The van der Waals surface area contributed by atoms with Crippen LogP contribution in [0, 0.1) is 0 Å². The first-order valence-electron chi connectivity index (χ1n) is 22.4. The maximum Gasteiger partial charge on any atom is 0.362 e. The largest absolute Gasteiger partial charge is 0.477 e. The van der Waals surface area contributed by atoms with Crippen molar-refractivity contribution in [2.24, 2.45) is 0 Å². The van der Waals surface area contributed by atoms with Gasteiger partial charge in [0.1, 0.15) is 6.61 Å². The number of rotatable bonds is 38. The molecule has 2 unspecified atom stereocenters. The summed E-state index contributed by atoms with van der Waals surface area (Å²) in [4.78, 5) is 37.0. The van der Waals surface area contributed by atoms with Gasteiger partial charge >= 0.3 is 17.9 Å². The number of carbonyl (C=O) groups is 3. The van der Waals surface area contributed by atoms with Crippen molar-refractivity contribution in [2.45, 2.75) is 161 Å². The molecule has 0 aliphatic heterocycles. The molecule has 58 heavy (non-hydrogen) atoms. The van der Waals surface area contributed by atoms with E-state index in [0.717, 1.165) is 70.6 Å². The number of aliphatic carboxylic acids is 1. The van der Waals surface area contributed by atoms with Crippen LogP contribution >= 0.6 is 0 Å². The van der Waals surface area contributed by atoms with E-state index in [1.165, 1.54) is 44.9 Å². The van der Waals surface area contributed by atoms with E-state index in [9.17, 15) is 19.5 Å². The number of esters is 2. The van der Waals surface area contributed by atoms with E-state index in [4.69, 9.17) is 14.2 Å². The SMILES string of the molecule is CC/C=C/C=C/C=C/C=C/C=C/C=C/CCCCCC(=O)OCC(COCCC(C(=O)O)[N+](C)(C)C)OC(=O)CCCCCCCCC/C=C/C/C=C/CCCCC. The van der Waals surface area contributed by atoms with Crippen molar-refractivity contribution in [3.05, 3.63) is 97.2 Å². The van der Waals surface area contributed by atoms with E-state index in [-0.39, 0.29) is 36.2 Å². The lowest BCUT2D eigenvalue weighted by Gasteiger charge is -2.31. The molecule has 0 rings (SSSR count). The van der Waals surface area contributed by atoms with Crippen LogP contribution in [-0.4, -0.2) is 80.6 Å². The number of carboxylic acids is 1. The summed E-state index contributed by atoms with van der Waals surface area (Å²) in [5.74, 6) is -1.55. The van der Waals surface area contributed by atoms with Crippen LogP contribution in [-0.2, 0) is 28.6 Å². The third-order valence-electron chi connectivity index (χ3n) is 9.38. The molecule has 0 aliphatic rings. The highest BCUT2D eigenvalue weighted by molar-refractivity contribution is 5.72. The standard InChI is InChI=1S/C50H81NO7/c1-6-8-10-12-14-16-18-20-22-24-26-28-30-32-34-36-38-40-48(52)57-45-46(44-56-43-42-47(50(54)55)51(3,4)5)58-49(53)41-39-37-35-33-31-29-27-25-23-21-19-17-15-13-11-9-7-2/h8,10,12,14-18,20-24,26,28,30,46-47H,6-7,9,11,13,19,25,27,29,31-45H2,1-5H3/p+1/b10-8+,14-12+,17-15+,18-16+,22-20+,23-21+,26-24+,30-28+. The zero-order valence-electron chi connectivity index (χ0n) is 37.2.